The molecule has 0 aromatic heterocycles. The number of hydrogen-bond donors (Lipinski definition) is 4. The lowest BCUT2D eigenvalue weighted by Gasteiger charge is -2.21. The van der Waals surface area contributed by atoms with E-state index in [9.17, 15) is 19.5 Å². The van der Waals surface area contributed by atoms with Crippen molar-refractivity contribution in [3.8, 4) is 11.1 Å². The minimum absolute atomic E-state index is 0.0479. The van der Waals surface area contributed by atoms with Crippen LogP contribution in [0.2, 0.25) is 0 Å². The Morgan fingerprint density at radius 1 is 1.06 bits per heavy atom. The monoisotopic (exact) mass is 454 g/mol. The summed E-state index contributed by atoms with van der Waals surface area (Å²) in [4.78, 5) is 35.7. The number of hydrogen-bond acceptors (Lipinski definition) is 5. The molecule has 2 aromatic rings. The minimum Gasteiger partial charge on any atom is -0.479 e. The van der Waals surface area contributed by atoms with Gasteiger partial charge < -0.3 is 25.6 Å². The van der Waals surface area contributed by atoms with Crippen molar-refractivity contribution in [1.29, 1.82) is 0 Å². The quantitative estimate of drug-likeness (QED) is 0.437. The van der Waals surface area contributed by atoms with Crippen LogP contribution in [-0.2, 0) is 14.3 Å². The summed E-state index contributed by atoms with van der Waals surface area (Å²) in [5.41, 5.74) is 2.44. The zero-order valence-electron chi connectivity index (χ0n) is 18.8. The molecule has 2 amide bonds. The molecule has 0 spiro atoms. The largest absolute Gasteiger partial charge is 0.479 e. The van der Waals surface area contributed by atoms with Crippen LogP contribution in [0.5, 0.6) is 0 Å². The fourth-order valence-electron chi connectivity index (χ4n) is 4.02. The molecule has 3 rings (SSSR count). The normalized spacial score (nSPS) is 15.0. The maximum atomic E-state index is 12.5. The number of alkyl carbamates (subject to hydrolysis) is 1. The van der Waals surface area contributed by atoms with Crippen LogP contribution >= 0.6 is 0 Å². The first-order chi connectivity index (χ1) is 15.7. The number of benzene rings is 2. The molecule has 1 aliphatic rings. The van der Waals surface area contributed by atoms with Crippen LogP contribution in [0.25, 0.3) is 11.1 Å². The number of carboxylic acid groups (broad SMARTS) is 1. The molecule has 1 aliphatic carbocycles. The molecule has 2 aromatic carbocycles. The van der Waals surface area contributed by atoms with Crippen molar-refractivity contribution in [3.05, 3.63) is 59.7 Å². The summed E-state index contributed by atoms with van der Waals surface area (Å²) < 4.78 is 5.54. The van der Waals surface area contributed by atoms with Crippen LogP contribution in [0.3, 0.4) is 0 Å². The number of nitrogens with one attached hydrogen (secondary N) is 2. The van der Waals surface area contributed by atoms with E-state index in [4.69, 9.17) is 9.84 Å². The topological polar surface area (TPSA) is 125 Å². The number of carbonyl (C=O) groups excluding carboxylic acids is 2. The van der Waals surface area contributed by atoms with Gasteiger partial charge in [0.15, 0.2) is 5.60 Å². The molecular formula is C25H30N2O6. The average molecular weight is 455 g/mol. The van der Waals surface area contributed by atoms with Crippen molar-refractivity contribution in [2.75, 3.05) is 13.2 Å². The van der Waals surface area contributed by atoms with Gasteiger partial charge >= 0.3 is 12.1 Å². The summed E-state index contributed by atoms with van der Waals surface area (Å²) >= 11 is 0. The summed E-state index contributed by atoms with van der Waals surface area (Å²) in [6, 6.07) is 15.6. The SMILES string of the molecule is CCC[C@@H](CC(=O)NCC(C)(O)C(=O)O)NC(=O)OCC1c2ccccc2-c2ccccc21. The Balaban J connectivity index is 1.56. The number of fused-ring (bicyclic) bond motifs is 3. The highest BCUT2D eigenvalue weighted by molar-refractivity contribution is 5.81. The lowest BCUT2D eigenvalue weighted by Crippen LogP contribution is -2.48. The second kappa shape index (κ2) is 10.5. The van der Waals surface area contributed by atoms with Crippen LogP contribution in [0.4, 0.5) is 4.79 Å². The van der Waals surface area contributed by atoms with Crippen molar-refractivity contribution < 1.29 is 29.3 Å². The van der Waals surface area contributed by atoms with E-state index < -0.39 is 36.2 Å². The van der Waals surface area contributed by atoms with Crippen LogP contribution in [0, 0.1) is 0 Å². The van der Waals surface area contributed by atoms with Crippen molar-refractivity contribution in [2.24, 2.45) is 0 Å². The number of rotatable bonds is 10. The second-order valence-corrected chi connectivity index (χ2v) is 8.52. The first-order valence-electron chi connectivity index (χ1n) is 11.1. The average Bonchev–Trinajstić information content (AvgIpc) is 3.10. The third-order valence-electron chi connectivity index (χ3n) is 5.83. The third kappa shape index (κ3) is 5.90. The Labute approximate surface area is 193 Å². The Morgan fingerprint density at radius 3 is 2.18 bits per heavy atom. The standard InChI is InChI=1S/C25H30N2O6/c1-3-8-16(13-22(28)26-15-25(2,32)23(29)30)27-24(31)33-14-21-19-11-6-4-9-17(19)18-10-5-7-12-20(18)21/h4-7,9-12,16,21,32H,3,8,13-15H2,1-2H3,(H,26,28)(H,27,31)(H,29,30)/t16-,25?/m0/s1. The lowest BCUT2D eigenvalue weighted by atomic mass is 9.98. The van der Waals surface area contributed by atoms with Crippen molar-refractivity contribution >= 4 is 18.0 Å². The Bertz CT molecular complexity index is 974. The summed E-state index contributed by atoms with van der Waals surface area (Å²) in [5, 5.41) is 23.8. The molecular weight excluding hydrogens is 424 g/mol. The predicted molar refractivity (Wildman–Crippen MR) is 123 cm³/mol. The smallest absolute Gasteiger partial charge is 0.407 e. The zero-order chi connectivity index (χ0) is 24.0. The van der Waals surface area contributed by atoms with Gasteiger partial charge in [-0.25, -0.2) is 9.59 Å². The molecule has 0 saturated heterocycles. The Kier molecular flexibility index (Phi) is 7.71. The van der Waals surface area contributed by atoms with Gasteiger partial charge in [0.1, 0.15) is 6.61 Å². The van der Waals surface area contributed by atoms with Gasteiger partial charge in [0.2, 0.25) is 5.91 Å². The van der Waals surface area contributed by atoms with E-state index in [-0.39, 0.29) is 18.9 Å². The highest BCUT2D eigenvalue weighted by Crippen LogP contribution is 2.44. The van der Waals surface area contributed by atoms with Gasteiger partial charge in [0, 0.05) is 18.4 Å². The molecule has 1 unspecified atom stereocenters. The number of ether oxygens (including phenoxy) is 1. The van der Waals surface area contributed by atoms with Crippen LogP contribution < -0.4 is 10.6 Å². The van der Waals surface area contributed by atoms with Crippen molar-refractivity contribution in [1.82, 2.24) is 10.6 Å². The Morgan fingerprint density at radius 2 is 1.64 bits per heavy atom. The van der Waals surface area contributed by atoms with Gasteiger partial charge in [-0.2, -0.15) is 0 Å². The molecule has 33 heavy (non-hydrogen) atoms. The molecule has 176 valence electrons. The van der Waals surface area contributed by atoms with Gasteiger partial charge in [-0.3, -0.25) is 4.79 Å². The highest BCUT2D eigenvalue weighted by atomic mass is 16.5. The highest BCUT2D eigenvalue weighted by Gasteiger charge is 2.31. The zero-order valence-corrected chi connectivity index (χ0v) is 18.8. The molecule has 0 fully saturated rings. The molecule has 0 aliphatic heterocycles. The molecule has 0 saturated carbocycles. The molecule has 8 heteroatoms. The van der Waals surface area contributed by atoms with E-state index in [1.54, 1.807) is 0 Å². The number of aliphatic carboxylic acids is 1. The van der Waals surface area contributed by atoms with Gasteiger partial charge in [-0.05, 0) is 35.6 Å². The summed E-state index contributed by atoms with van der Waals surface area (Å²) in [6.07, 6.45) is 0.621. The molecule has 0 bridgehead atoms. The molecule has 4 N–H and O–H groups in total. The fourth-order valence-corrected chi connectivity index (χ4v) is 4.02. The van der Waals surface area contributed by atoms with Gasteiger partial charge in [0.05, 0.1) is 6.54 Å². The molecule has 0 heterocycles. The summed E-state index contributed by atoms with van der Waals surface area (Å²) in [6.45, 7) is 2.78. The number of aliphatic hydroxyl groups is 1. The van der Waals surface area contributed by atoms with E-state index in [0.29, 0.717) is 6.42 Å². The van der Waals surface area contributed by atoms with Crippen LogP contribution in [0.1, 0.15) is 50.2 Å². The summed E-state index contributed by atoms with van der Waals surface area (Å²) in [5.74, 6) is -1.95. The van der Waals surface area contributed by atoms with Gasteiger partial charge in [-0.15, -0.1) is 0 Å². The van der Waals surface area contributed by atoms with Gasteiger partial charge in [-0.1, -0.05) is 61.9 Å². The minimum atomic E-state index is -2.06. The first-order valence-corrected chi connectivity index (χ1v) is 11.1. The third-order valence-corrected chi connectivity index (χ3v) is 5.83. The maximum absolute atomic E-state index is 12.5. The van der Waals surface area contributed by atoms with Crippen molar-refractivity contribution in [3.63, 3.8) is 0 Å². The number of amides is 2. The summed E-state index contributed by atoms with van der Waals surface area (Å²) in [7, 11) is 0. The lowest BCUT2D eigenvalue weighted by molar-refractivity contribution is -0.156. The Hall–Kier alpha value is -3.39. The van der Waals surface area contributed by atoms with Crippen LogP contribution in [0.15, 0.2) is 48.5 Å². The predicted octanol–water partition coefficient (Wildman–Crippen LogP) is 3.04. The number of carboxylic acids is 1. The van der Waals surface area contributed by atoms with E-state index in [1.807, 2.05) is 43.3 Å². The fraction of sp³-hybridized carbons (Fsp3) is 0.400. The van der Waals surface area contributed by atoms with Crippen LogP contribution in [-0.4, -0.2) is 53.0 Å². The maximum Gasteiger partial charge on any atom is 0.407 e. The van der Waals surface area contributed by atoms with E-state index in [0.717, 1.165) is 35.6 Å². The van der Waals surface area contributed by atoms with E-state index >= 15 is 0 Å². The molecule has 0 radical (unpaired) electrons. The van der Waals surface area contributed by atoms with Crippen molar-refractivity contribution in [2.45, 2.75) is 50.7 Å². The van der Waals surface area contributed by atoms with Gasteiger partial charge in [0.25, 0.3) is 0 Å². The first kappa shape index (κ1) is 24.3. The van der Waals surface area contributed by atoms with E-state index in [2.05, 4.69) is 22.8 Å². The van der Waals surface area contributed by atoms with E-state index in [1.165, 1.54) is 0 Å². The molecule has 2 atom stereocenters. The second-order valence-electron chi connectivity index (χ2n) is 8.52. The molecule has 8 nitrogen and oxygen atoms in total. The number of carbonyl (C=O) groups is 3.